The monoisotopic (exact) mass is 322 g/mol. The number of hydrogen-bond donors (Lipinski definition) is 1. The van der Waals surface area contributed by atoms with Crippen molar-refractivity contribution in [3.63, 3.8) is 0 Å². The zero-order chi connectivity index (χ0) is 17.0. The summed E-state index contributed by atoms with van der Waals surface area (Å²) in [6, 6.07) is 0.700. The number of carbonyl (C=O) groups excluding carboxylic acids is 1. The Bertz CT molecular complexity index is 519. The molecule has 6 heteroatoms. The minimum atomic E-state index is -0.443. The first-order valence-corrected chi connectivity index (χ1v) is 8.48. The topological polar surface area (TPSA) is 59.4 Å². The first-order chi connectivity index (χ1) is 10.8. The number of piperidine rings is 1. The number of amides is 1. The summed E-state index contributed by atoms with van der Waals surface area (Å²) in [4.78, 5) is 18.2. The lowest BCUT2D eigenvalue weighted by Crippen LogP contribution is -2.49. The Labute approximate surface area is 139 Å². The molecule has 1 aromatic rings. The van der Waals surface area contributed by atoms with Crippen LogP contribution in [-0.4, -0.2) is 45.3 Å². The number of carbonyl (C=O) groups is 1. The van der Waals surface area contributed by atoms with Gasteiger partial charge >= 0.3 is 6.09 Å². The van der Waals surface area contributed by atoms with E-state index in [1.165, 1.54) is 5.69 Å². The van der Waals surface area contributed by atoms with Crippen molar-refractivity contribution in [3.8, 4) is 0 Å². The maximum Gasteiger partial charge on any atom is 0.410 e. The van der Waals surface area contributed by atoms with E-state index < -0.39 is 5.60 Å². The molecule has 1 saturated heterocycles. The minimum absolute atomic E-state index is 0.212. The van der Waals surface area contributed by atoms with Gasteiger partial charge in [-0.05, 0) is 47.5 Å². The van der Waals surface area contributed by atoms with Crippen LogP contribution in [0.4, 0.5) is 4.79 Å². The first-order valence-electron chi connectivity index (χ1n) is 8.48. The van der Waals surface area contributed by atoms with Crippen LogP contribution in [0.2, 0.25) is 0 Å². The van der Waals surface area contributed by atoms with Crippen molar-refractivity contribution in [2.24, 2.45) is 0 Å². The Morgan fingerprint density at radius 1 is 1.48 bits per heavy atom. The molecule has 0 bridgehead atoms. The van der Waals surface area contributed by atoms with E-state index in [-0.39, 0.29) is 6.09 Å². The number of likely N-dealkylation sites (tertiary alicyclic amines) is 1. The molecule has 1 N–H and O–H groups in total. The fourth-order valence-electron chi connectivity index (χ4n) is 2.82. The van der Waals surface area contributed by atoms with Gasteiger partial charge in [0.2, 0.25) is 0 Å². The van der Waals surface area contributed by atoms with Gasteiger partial charge in [-0.2, -0.15) is 0 Å². The number of imidazole rings is 1. The van der Waals surface area contributed by atoms with Crippen LogP contribution < -0.4 is 5.32 Å². The van der Waals surface area contributed by atoms with Crippen LogP contribution in [0.1, 0.15) is 59.2 Å². The van der Waals surface area contributed by atoms with Gasteiger partial charge in [0.15, 0.2) is 0 Å². The Morgan fingerprint density at radius 2 is 2.22 bits per heavy atom. The molecule has 6 nitrogen and oxygen atoms in total. The summed E-state index contributed by atoms with van der Waals surface area (Å²) < 4.78 is 7.64. The molecule has 1 aliphatic heterocycles. The molecule has 130 valence electrons. The number of ether oxygens (including phenoxy) is 1. The van der Waals surface area contributed by atoms with Crippen molar-refractivity contribution in [2.45, 2.75) is 71.7 Å². The third kappa shape index (κ3) is 5.23. The Balaban J connectivity index is 1.86. The first kappa shape index (κ1) is 17.8. The van der Waals surface area contributed by atoms with Gasteiger partial charge in [-0.1, -0.05) is 0 Å². The summed E-state index contributed by atoms with van der Waals surface area (Å²) in [6.07, 6.45) is 5.64. The quantitative estimate of drug-likeness (QED) is 0.926. The lowest BCUT2D eigenvalue weighted by Gasteiger charge is -2.34. The van der Waals surface area contributed by atoms with Crippen LogP contribution in [0, 0.1) is 0 Å². The molecule has 2 rings (SSSR count). The summed E-state index contributed by atoms with van der Waals surface area (Å²) in [5, 5.41) is 3.56. The molecule has 1 aromatic heterocycles. The third-order valence-electron chi connectivity index (χ3n) is 3.95. The molecule has 23 heavy (non-hydrogen) atoms. The molecule has 0 spiro atoms. The molecule has 1 unspecified atom stereocenters. The second-order valence-electron chi connectivity index (χ2n) is 7.53. The Kier molecular flexibility index (Phi) is 5.68. The van der Waals surface area contributed by atoms with Gasteiger partial charge in [-0.3, -0.25) is 0 Å². The van der Waals surface area contributed by atoms with Crippen molar-refractivity contribution in [2.75, 3.05) is 13.1 Å². The maximum atomic E-state index is 12.2. The van der Waals surface area contributed by atoms with Crippen molar-refractivity contribution in [3.05, 3.63) is 18.2 Å². The predicted octanol–water partition coefficient (Wildman–Crippen LogP) is 2.95. The lowest BCUT2D eigenvalue weighted by atomic mass is 10.1. The Morgan fingerprint density at radius 3 is 2.87 bits per heavy atom. The lowest BCUT2D eigenvalue weighted by molar-refractivity contribution is 0.0187. The molecule has 1 atom stereocenters. The second-order valence-corrected chi connectivity index (χ2v) is 7.53. The molecule has 0 saturated carbocycles. The Hall–Kier alpha value is -1.56. The van der Waals surface area contributed by atoms with Gasteiger partial charge < -0.3 is 19.5 Å². The van der Waals surface area contributed by atoms with Crippen LogP contribution in [-0.2, 0) is 11.3 Å². The molecule has 0 aliphatic carbocycles. The largest absolute Gasteiger partial charge is 0.444 e. The minimum Gasteiger partial charge on any atom is -0.444 e. The molecule has 1 fully saturated rings. The second kappa shape index (κ2) is 7.34. The van der Waals surface area contributed by atoms with Crippen LogP contribution >= 0.6 is 0 Å². The zero-order valence-electron chi connectivity index (χ0n) is 15.0. The highest BCUT2D eigenvalue weighted by Gasteiger charge is 2.27. The smallest absolute Gasteiger partial charge is 0.410 e. The average Bonchev–Trinajstić information content (AvgIpc) is 2.92. The number of nitrogens with one attached hydrogen (secondary N) is 1. The van der Waals surface area contributed by atoms with Crippen LogP contribution in [0.3, 0.4) is 0 Å². The van der Waals surface area contributed by atoms with E-state index in [0.717, 1.165) is 25.9 Å². The molecular weight excluding hydrogens is 292 g/mol. The number of hydrogen-bond acceptors (Lipinski definition) is 4. The van der Waals surface area contributed by atoms with Gasteiger partial charge in [0.25, 0.3) is 0 Å². The number of nitrogens with zero attached hydrogens (tertiary/aromatic N) is 3. The summed E-state index contributed by atoms with van der Waals surface area (Å²) >= 11 is 0. The van der Waals surface area contributed by atoms with Crippen LogP contribution in [0.25, 0.3) is 0 Å². The standard InChI is InChI=1S/C17H30N4O2/c1-13(2)21-12-18-9-15(21)10-19-14-7-6-8-20(11-14)16(22)23-17(3,4)5/h9,12-14,19H,6-8,10-11H2,1-5H3. The number of rotatable bonds is 4. The van der Waals surface area contributed by atoms with Crippen LogP contribution in [0.5, 0.6) is 0 Å². The normalized spacial score (nSPS) is 19.2. The van der Waals surface area contributed by atoms with E-state index in [1.54, 1.807) is 0 Å². The van der Waals surface area contributed by atoms with Gasteiger partial charge in [-0.15, -0.1) is 0 Å². The fourth-order valence-corrected chi connectivity index (χ4v) is 2.82. The summed E-state index contributed by atoms with van der Waals surface area (Å²) in [5.41, 5.74) is 0.732. The molecule has 1 aliphatic rings. The average molecular weight is 322 g/mol. The summed E-state index contributed by atoms with van der Waals surface area (Å²) in [5.74, 6) is 0. The van der Waals surface area contributed by atoms with Crippen molar-refractivity contribution >= 4 is 6.09 Å². The third-order valence-corrected chi connectivity index (χ3v) is 3.95. The van der Waals surface area contributed by atoms with E-state index in [4.69, 9.17) is 4.74 Å². The highest BCUT2D eigenvalue weighted by atomic mass is 16.6. The summed E-state index contributed by atoms with van der Waals surface area (Å²) in [7, 11) is 0. The van der Waals surface area contributed by atoms with Crippen molar-refractivity contribution in [1.82, 2.24) is 19.8 Å². The molecular formula is C17H30N4O2. The zero-order valence-corrected chi connectivity index (χ0v) is 15.0. The summed E-state index contributed by atoms with van der Waals surface area (Å²) in [6.45, 7) is 12.2. The van der Waals surface area contributed by atoms with Crippen LogP contribution in [0.15, 0.2) is 12.5 Å². The van der Waals surface area contributed by atoms with Crippen molar-refractivity contribution < 1.29 is 9.53 Å². The predicted molar refractivity (Wildman–Crippen MR) is 90.3 cm³/mol. The van der Waals surface area contributed by atoms with E-state index in [0.29, 0.717) is 18.6 Å². The van der Waals surface area contributed by atoms with E-state index in [2.05, 4.69) is 28.7 Å². The number of aromatic nitrogens is 2. The molecule has 0 aromatic carbocycles. The van der Waals surface area contributed by atoms with E-state index in [9.17, 15) is 4.79 Å². The highest BCUT2D eigenvalue weighted by molar-refractivity contribution is 5.68. The molecule has 2 heterocycles. The van der Waals surface area contributed by atoms with Gasteiger partial charge in [0, 0.05) is 37.9 Å². The molecule has 0 radical (unpaired) electrons. The SMILES string of the molecule is CC(C)n1cncc1CNC1CCCN(C(=O)OC(C)(C)C)C1. The fraction of sp³-hybridized carbons (Fsp3) is 0.765. The van der Waals surface area contributed by atoms with Gasteiger partial charge in [0.05, 0.1) is 12.0 Å². The van der Waals surface area contributed by atoms with Gasteiger partial charge in [0.1, 0.15) is 5.60 Å². The highest BCUT2D eigenvalue weighted by Crippen LogP contribution is 2.16. The van der Waals surface area contributed by atoms with Crippen molar-refractivity contribution in [1.29, 1.82) is 0 Å². The molecule has 1 amide bonds. The maximum absolute atomic E-state index is 12.2. The van der Waals surface area contributed by atoms with E-state index in [1.807, 2.05) is 38.2 Å². The van der Waals surface area contributed by atoms with Gasteiger partial charge in [-0.25, -0.2) is 9.78 Å². The van der Waals surface area contributed by atoms with E-state index >= 15 is 0 Å².